The van der Waals surface area contributed by atoms with Crippen LogP contribution in [0.5, 0.6) is 0 Å². The molecule has 0 saturated heterocycles. The average molecular weight is 282 g/mol. The second-order valence-corrected chi connectivity index (χ2v) is 3.32. The second kappa shape index (κ2) is 4.79. The Morgan fingerprint density at radius 1 is 1.16 bits per heavy atom. The van der Waals surface area contributed by atoms with E-state index in [0.717, 1.165) is 0 Å². The van der Waals surface area contributed by atoms with E-state index in [1.165, 1.54) is 11.4 Å². The first-order valence-corrected chi connectivity index (χ1v) is 4.55. The van der Waals surface area contributed by atoms with Gasteiger partial charge < -0.3 is 5.32 Å². The van der Waals surface area contributed by atoms with E-state index in [1.807, 2.05) is 0 Å². The van der Waals surface area contributed by atoms with Gasteiger partial charge in [0.1, 0.15) is 6.07 Å². The third-order valence-electron chi connectivity index (χ3n) is 1.97. The predicted molar refractivity (Wildman–Crippen MR) is 50.8 cm³/mol. The number of halogens is 6. The molecule has 0 aromatic heterocycles. The molecule has 1 aromatic carbocycles. The third kappa shape index (κ3) is 3.61. The molecule has 0 aliphatic carbocycles. The molecule has 0 aliphatic rings. The fourth-order valence-corrected chi connectivity index (χ4v) is 1.12. The lowest BCUT2D eigenvalue weighted by Gasteiger charge is -2.11. The van der Waals surface area contributed by atoms with E-state index < -0.39 is 35.1 Å². The second-order valence-electron chi connectivity index (χ2n) is 3.32. The van der Waals surface area contributed by atoms with E-state index in [9.17, 15) is 31.1 Å². The van der Waals surface area contributed by atoms with Gasteiger partial charge in [-0.1, -0.05) is 0 Å². The minimum atomic E-state index is -5.20. The number of rotatable bonds is 1. The van der Waals surface area contributed by atoms with Gasteiger partial charge in [-0.25, -0.2) is 0 Å². The smallest absolute Gasteiger partial charge is 0.317 e. The van der Waals surface area contributed by atoms with Crippen molar-refractivity contribution in [2.24, 2.45) is 0 Å². The minimum Gasteiger partial charge on any atom is -0.317 e. The van der Waals surface area contributed by atoms with Crippen molar-refractivity contribution in [1.29, 1.82) is 5.26 Å². The lowest BCUT2D eigenvalue weighted by molar-refractivity contribution is -0.167. The molecule has 1 aromatic rings. The summed E-state index contributed by atoms with van der Waals surface area (Å²) in [7, 11) is 0. The van der Waals surface area contributed by atoms with E-state index in [0.29, 0.717) is 18.2 Å². The molecule has 102 valence electrons. The normalized spacial score (nSPS) is 11.8. The maximum Gasteiger partial charge on any atom is 0.471 e. The fourth-order valence-electron chi connectivity index (χ4n) is 1.12. The highest BCUT2D eigenvalue weighted by atomic mass is 19.4. The quantitative estimate of drug-likeness (QED) is 0.805. The number of anilines is 1. The number of alkyl halides is 6. The molecule has 0 radical (unpaired) electrons. The Bertz CT molecular complexity index is 540. The van der Waals surface area contributed by atoms with Crippen LogP contribution in [0.15, 0.2) is 18.2 Å². The monoisotopic (exact) mass is 282 g/mol. The third-order valence-corrected chi connectivity index (χ3v) is 1.97. The summed E-state index contributed by atoms with van der Waals surface area (Å²) in [5.74, 6) is -2.37. The van der Waals surface area contributed by atoms with E-state index in [1.54, 1.807) is 0 Å². The van der Waals surface area contributed by atoms with Gasteiger partial charge in [0, 0.05) is 0 Å². The molecule has 0 saturated carbocycles. The molecule has 0 unspecified atom stereocenters. The Balaban J connectivity index is 3.12. The van der Waals surface area contributed by atoms with Crippen LogP contribution in [0.1, 0.15) is 11.1 Å². The molecule has 1 N–H and O–H groups in total. The van der Waals surface area contributed by atoms with Crippen LogP contribution in [-0.2, 0) is 11.0 Å². The zero-order valence-corrected chi connectivity index (χ0v) is 8.86. The van der Waals surface area contributed by atoms with Gasteiger partial charge in [-0.05, 0) is 18.2 Å². The van der Waals surface area contributed by atoms with Crippen LogP contribution < -0.4 is 5.32 Å². The van der Waals surface area contributed by atoms with Crippen molar-refractivity contribution >= 4 is 11.6 Å². The average Bonchev–Trinajstić information content (AvgIpc) is 2.26. The topological polar surface area (TPSA) is 52.9 Å². The van der Waals surface area contributed by atoms with Crippen molar-refractivity contribution in [3.63, 3.8) is 0 Å². The summed E-state index contributed by atoms with van der Waals surface area (Å²) in [6.07, 6.45) is -9.94. The molecule has 0 fully saturated rings. The Morgan fingerprint density at radius 2 is 1.74 bits per heavy atom. The van der Waals surface area contributed by atoms with Gasteiger partial charge in [0.05, 0.1) is 16.8 Å². The number of nitriles is 1. The summed E-state index contributed by atoms with van der Waals surface area (Å²) < 4.78 is 72.8. The van der Waals surface area contributed by atoms with Crippen LogP contribution in [0.3, 0.4) is 0 Å². The SMILES string of the molecule is N#Cc1cc(C(F)(F)F)ccc1NC(=O)C(F)(F)F. The summed E-state index contributed by atoms with van der Waals surface area (Å²) in [6, 6.07) is 2.69. The maximum absolute atomic E-state index is 12.3. The molecule has 3 nitrogen and oxygen atoms in total. The van der Waals surface area contributed by atoms with Crippen LogP contribution in [0.25, 0.3) is 0 Å². The standard InChI is InChI=1S/C10H4F6N2O/c11-9(12,13)6-1-2-7(5(3-6)4-17)18-8(19)10(14,15)16/h1-3H,(H,18,19). The largest absolute Gasteiger partial charge is 0.471 e. The van der Waals surface area contributed by atoms with Gasteiger partial charge in [-0.3, -0.25) is 4.79 Å². The van der Waals surface area contributed by atoms with Crippen molar-refractivity contribution < 1.29 is 31.1 Å². The van der Waals surface area contributed by atoms with Crippen LogP contribution in [-0.4, -0.2) is 12.1 Å². The Hall–Kier alpha value is -2.24. The van der Waals surface area contributed by atoms with Crippen LogP contribution in [0.4, 0.5) is 32.0 Å². The van der Waals surface area contributed by atoms with Crippen molar-refractivity contribution in [1.82, 2.24) is 0 Å². The van der Waals surface area contributed by atoms with Gasteiger partial charge >= 0.3 is 18.3 Å². The number of nitrogens with one attached hydrogen (secondary N) is 1. The highest BCUT2D eigenvalue weighted by molar-refractivity contribution is 5.96. The first-order valence-electron chi connectivity index (χ1n) is 4.55. The van der Waals surface area contributed by atoms with Crippen LogP contribution in [0, 0.1) is 11.3 Å². The molecule has 0 heterocycles. The van der Waals surface area contributed by atoms with E-state index in [-0.39, 0.29) is 0 Å². The van der Waals surface area contributed by atoms with Gasteiger partial charge in [0.25, 0.3) is 0 Å². The molecule has 0 spiro atoms. The molecular weight excluding hydrogens is 278 g/mol. The first-order chi connectivity index (χ1) is 8.55. The number of hydrogen-bond acceptors (Lipinski definition) is 2. The molecule has 9 heteroatoms. The molecule has 0 bridgehead atoms. The molecule has 1 amide bonds. The zero-order chi connectivity index (χ0) is 14.8. The summed E-state index contributed by atoms with van der Waals surface area (Å²) >= 11 is 0. The van der Waals surface area contributed by atoms with Crippen molar-refractivity contribution in [3.05, 3.63) is 29.3 Å². The lowest BCUT2D eigenvalue weighted by Crippen LogP contribution is -2.30. The van der Waals surface area contributed by atoms with Gasteiger partial charge in [0.15, 0.2) is 0 Å². The number of benzene rings is 1. The molecule has 0 aliphatic heterocycles. The number of hydrogen-bond donors (Lipinski definition) is 1. The summed E-state index contributed by atoms with van der Waals surface area (Å²) in [6.45, 7) is 0. The van der Waals surface area contributed by atoms with Gasteiger partial charge in [-0.2, -0.15) is 31.6 Å². The minimum absolute atomic E-state index is 0.353. The number of amides is 1. The van der Waals surface area contributed by atoms with Crippen molar-refractivity contribution in [2.75, 3.05) is 5.32 Å². The number of carbonyl (C=O) groups excluding carboxylic acids is 1. The number of nitrogens with zero attached hydrogens (tertiary/aromatic N) is 1. The highest BCUT2D eigenvalue weighted by Crippen LogP contribution is 2.32. The van der Waals surface area contributed by atoms with E-state index in [4.69, 9.17) is 5.26 Å². The number of carbonyl (C=O) groups is 1. The Kier molecular flexibility index (Phi) is 3.74. The van der Waals surface area contributed by atoms with Crippen LogP contribution in [0.2, 0.25) is 0 Å². The predicted octanol–water partition coefficient (Wildman–Crippen LogP) is 3.08. The maximum atomic E-state index is 12.3. The summed E-state index contributed by atoms with van der Waals surface area (Å²) in [4.78, 5) is 10.6. The van der Waals surface area contributed by atoms with Gasteiger partial charge in [-0.15, -0.1) is 0 Å². The highest BCUT2D eigenvalue weighted by Gasteiger charge is 2.39. The molecule has 19 heavy (non-hydrogen) atoms. The Labute approximate surface area is 102 Å². The molecular formula is C10H4F6N2O. The van der Waals surface area contributed by atoms with Crippen molar-refractivity contribution in [2.45, 2.75) is 12.4 Å². The van der Waals surface area contributed by atoms with Gasteiger partial charge in [0.2, 0.25) is 0 Å². The lowest BCUT2D eigenvalue weighted by atomic mass is 10.1. The van der Waals surface area contributed by atoms with E-state index >= 15 is 0 Å². The fraction of sp³-hybridized carbons (Fsp3) is 0.200. The molecule has 1 rings (SSSR count). The first kappa shape index (κ1) is 14.8. The zero-order valence-electron chi connectivity index (χ0n) is 8.86. The summed E-state index contributed by atoms with van der Waals surface area (Å²) in [5.41, 5.74) is -2.56. The van der Waals surface area contributed by atoms with E-state index in [2.05, 4.69) is 0 Å². The van der Waals surface area contributed by atoms with Crippen molar-refractivity contribution in [3.8, 4) is 6.07 Å². The summed E-state index contributed by atoms with van der Waals surface area (Å²) in [5, 5.41) is 9.90. The van der Waals surface area contributed by atoms with Crippen LogP contribution >= 0.6 is 0 Å². The molecule has 0 atom stereocenters. The Morgan fingerprint density at radius 3 is 2.16 bits per heavy atom.